The highest BCUT2D eigenvalue weighted by atomic mass is 32.1. The summed E-state index contributed by atoms with van der Waals surface area (Å²) in [7, 11) is 1.81. The molecule has 0 spiro atoms. The van der Waals surface area contributed by atoms with Crippen LogP contribution in [0.3, 0.4) is 0 Å². The topological polar surface area (TPSA) is 100 Å². The highest BCUT2D eigenvalue weighted by Gasteiger charge is 2.74. The van der Waals surface area contributed by atoms with Gasteiger partial charge >= 0.3 is 0 Å². The molecular formula is C22H22N4O3S. The van der Waals surface area contributed by atoms with Crippen molar-refractivity contribution in [3.63, 3.8) is 0 Å². The molecule has 2 unspecified atom stereocenters. The fraction of sp³-hybridized carbons (Fsp3) is 0.409. The summed E-state index contributed by atoms with van der Waals surface area (Å²) in [5.41, 5.74) is 1.77. The van der Waals surface area contributed by atoms with Gasteiger partial charge in [-0.3, -0.25) is 4.79 Å². The lowest BCUT2D eigenvalue weighted by atomic mass is 9.95. The van der Waals surface area contributed by atoms with Crippen LogP contribution in [-0.2, 0) is 4.79 Å². The number of aryl methyl sites for hydroxylation is 1. The number of hydrogen-bond acceptors (Lipinski definition) is 7. The molecule has 7 nitrogen and oxygen atoms in total. The first-order chi connectivity index (χ1) is 14.4. The van der Waals surface area contributed by atoms with Gasteiger partial charge in [-0.15, -0.1) is 11.3 Å². The van der Waals surface area contributed by atoms with Gasteiger partial charge in [-0.2, -0.15) is 0 Å². The van der Waals surface area contributed by atoms with Gasteiger partial charge in [-0.05, 0) is 56.2 Å². The largest absolute Gasteiger partial charge is 0.389 e. The standard InChI is InChI=1S/C22H22N4O3S/c1-11-4-6-14(30-11)7-5-13-8-16(23-3)17-21(25-13)26(10-24-17)18-15-9-22(15,12(2)27)20(29)19(18)28/h4,6,8,10,15,18-20,28-29H,9H2,1-3H3,(H,23,25)/t15?,18-,19+,20?,22+/m1/s1. The Balaban J connectivity index is 1.59. The van der Waals surface area contributed by atoms with Gasteiger partial charge in [0.25, 0.3) is 0 Å². The Morgan fingerprint density at radius 2 is 2.17 bits per heavy atom. The van der Waals surface area contributed by atoms with Crippen molar-refractivity contribution >= 4 is 34.0 Å². The zero-order chi connectivity index (χ0) is 21.2. The maximum absolute atomic E-state index is 12.2. The normalized spacial score (nSPS) is 29.4. The van der Waals surface area contributed by atoms with E-state index in [-0.39, 0.29) is 11.7 Å². The Kier molecular flexibility index (Phi) is 4.26. The van der Waals surface area contributed by atoms with E-state index in [1.54, 1.807) is 22.2 Å². The number of pyridine rings is 1. The maximum Gasteiger partial charge on any atom is 0.163 e. The van der Waals surface area contributed by atoms with Crippen LogP contribution in [0.1, 0.15) is 34.8 Å². The number of imidazole rings is 1. The molecule has 5 atom stereocenters. The van der Waals surface area contributed by atoms with Crippen molar-refractivity contribution in [2.45, 2.75) is 38.5 Å². The smallest absolute Gasteiger partial charge is 0.163 e. The average molecular weight is 423 g/mol. The monoisotopic (exact) mass is 422 g/mol. The third-order valence-corrected chi connectivity index (χ3v) is 7.42. The van der Waals surface area contributed by atoms with Gasteiger partial charge in [-0.1, -0.05) is 0 Å². The fourth-order valence-corrected chi connectivity index (χ4v) is 5.60. The van der Waals surface area contributed by atoms with Crippen LogP contribution in [0.15, 0.2) is 24.5 Å². The number of carbonyl (C=O) groups excluding carboxylic acids is 1. The molecule has 3 aromatic heterocycles. The van der Waals surface area contributed by atoms with Gasteiger partial charge in [0.05, 0.1) is 34.5 Å². The van der Waals surface area contributed by atoms with Crippen LogP contribution in [-0.4, -0.2) is 49.8 Å². The van der Waals surface area contributed by atoms with Crippen LogP contribution in [0.25, 0.3) is 11.2 Å². The second-order valence-electron chi connectivity index (χ2n) is 8.12. The summed E-state index contributed by atoms with van der Waals surface area (Å²) in [6.45, 7) is 3.53. The summed E-state index contributed by atoms with van der Waals surface area (Å²) >= 11 is 1.63. The third kappa shape index (κ3) is 2.63. The number of rotatable bonds is 3. The van der Waals surface area contributed by atoms with Crippen LogP contribution < -0.4 is 5.32 Å². The van der Waals surface area contributed by atoms with Crippen molar-refractivity contribution < 1.29 is 15.0 Å². The summed E-state index contributed by atoms with van der Waals surface area (Å²) in [6.07, 6.45) is 0.0825. The van der Waals surface area contributed by atoms with Crippen LogP contribution in [0.2, 0.25) is 0 Å². The lowest BCUT2D eigenvalue weighted by molar-refractivity contribution is -0.128. The van der Waals surface area contributed by atoms with E-state index in [9.17, 15) is 15.0 Å². The Labute approximate surface area is 177 Å². The lowest BCUT2D eigenvalue weighted by Gasteiger charge is -2.23. The predicted molar refractivity (Wildman–Crippen MR) is 114 cm³/mol. The molecule has 0 saturated heterocycles. The fourth-order valence-electron chi connectivity index (χ4n) is 4.88. The minimum Gasteiger partial charge on any atom is -0.389 e. The van der Waals surface area contributed by atoms with Crippen LogP contribution in [0.4, 0.5) is 5.69 Å². The van der Waals surface area contributed by atoms with E-state index >= 15 is 0 Å². The molecule has 2 aliphatic rings. The molecule has 0 radical (unpaired) electrons. The molecule has 2 fully saturated rings. The second-order valence-corrected chi connectivity index (χ2v) is 9.41. The zero-order valence-electron chi connectivity index (χ0n) is 16.9. The molecule has 5 rings (SSSR count). The molecule has 3 heterocycles. The number of aliphatic hydroxyl groups excluding tert-OH is 2. The number of Topliss-reactive ketones (excluding diaryl/α,β-unsaturated/α-hetero) is 1. The molecule has 8 heteroatoms. The van der Waals surface area contributed by atoms with E-state index in [0.717, 1.165) is 10.6 Å². The molecule has 30 heavy (non-hydrogen) atoms. The van der Waals surface area contributed by atoms with Gasteiger partial charge in [0.2, 0.25) is 0 Å². The van der Waals surface area contributed by atoms with Crippen molar-refractivity contribution in [3.05, 3.63) is 40.0 Å². The number of ketones is 1. The third-order valence-electron chi connectivity index (χ3n) is 6.50. The summed E-state index contributed by atoms with van der Waals surface area (Å²) < 4.78 is 1.80. The molecule has 0 aliphatic heterocycles. The predicted octanol–water partition coefficient (Wildman–Crippen LogP) is 2.11. The summed E-state index contributed by atoms with van der Waals surface area (Å²) in [5, 5.41) is 24.4. The molecule has 3 N–H and O–H groups in total. The molecular weight excluding hydrogens is 400 g/mol. The zero-order valence-corrected chi connectivity index (χ0v) is 17.7. The van der Waals surface area contributed by atoms with Crippen molar-refractivity contribution in [2.24, 2.45) is 11.3 Å². The Hall–Kier alpha value is -2.73. The molecule has 0 aromatic carbocycles. The molecule has 3 aromatic rings. The Morgan fingerprint density at radius 1 is 1.37 bits per heavy atom. The number of carbonyl (C=O) groups is 1. The first-order valence-corrected chi connectivity index (χ1v) is 10.7. The number of thiophene rings is 1. The van der Waals surface area contributed by atoms with Crippen molar-refractivity contribution in [2.75, 3.05) is 12.4 Å². The second kappa shape index (κ2) is 6.64. The van der Waals surface area contributed by atoms with E-state index in [1.165, 1.54) is 11.8 Å². The molecule has 154 valence electrons. The quantitative estimate of drug-likeness (QED) is 0.559. The van der Waals surface area contributed by atoms with Gasteiger partial charge in [0.15, 0.2) is 5.65 Å². The van der Waals surface area contributed by atoms with E-state index in [2.05, 4.69) is 22.1 Å². The van der Waals surface area contributed by atoms with Gasteiger partial charge in [0, 0.05) is 11.9 Å². The molecule has 2 aliphatic carbocycles. The molecule has 2 saturated carbocycles. The maximum atomic E-state index is 12.2. The number of nitrogens with one attached hydrogen (secondary N) is 1. The number of anilines is 1. The van der Waals surface area contributed by atoms with Crippen LogP contribution in [0.5, 0.6) is 0 Å². The number of aliphatic hydroxyl groups is 2. The first-order valence-electron chi connectivity index (χ1n) is 9.87. The van der Waals surface area contributed by atoms with E-state index in [0.29, 0.717) is 23.3 Å². The van der Waals surface area contributed by atoms with Crippen molar-refractivity contribution in [1.29, 1.82) is 0 Å². The number of hydrogen-bond donors (Lipinski definition) is 3. The van der Waals surface area contributed by atoms with Gasteiger partial charge in [0.1, 0.15) is 23.1 Å². The van der Waals surface area contributed by atoms with E-state index < -0.39 is 23.7 Å². The minimum atomic E-state index is -1.07. The van der Waals surface area contributed by atoms with E-state index in [4.69, 9.17) is 4.98 Å². The SMILES string of the molecule is CNc1cc(C#Cc2ccc(C)s2)nc2c1ncn2[C@@H]1C2C[C@@]2(C(C)=O)C(O)[C@H]1O. The van der Waals surface area contributed by atoms with Crippen LogP contribution in [0, 0.1) is 30.1 Å². The average Bonchev–Trinajstić information content (AvgIpc) is 2.98. The Morgan fingerprint density at radius 3 is 2.80 bits per heavy atom. The van der Waals surface area contributed by atoms with E-state index in [1.807, 2.05) is 32.2 Å². The van der Waals surface area contributed by atoms with Gasteiger partial charge < -0.3 is 20.1 Å². The summed E-state index contributed by atoms with van der Waals surface area (Å²) in [4.78, 5) is 23.5. The number of aromatic nitrogens is 3. The Bertz CT molecular complexity index is 1240. The van der Waals surface area contributed by atoms with Crippen molar-refractivity contribution in [1.82, 2.24) is 14.5 Å². The molecule has 0 amide bonds. The summed E-state index contributed by atoms with van der Waals surface area (Å²) in [6, 6.07) is 5.42. The lowest BCUT2D eigenvalue weighted by Crippen LogP contribution is -2.36. The van der Waals surface area contributed by atoms with Gasteiger partial charge in [-0.25, -0.2) is 9.97 Å². The highest BCUT2D eigenvalue weighted by Crippen LogP contribution is 2.68. The number of fused-ring (bicyclic) bond motifs is 2. The minimum absolute atomic E-state index is 0.0763. The molecule has 0 bridgehead atoms. The van der Waals surface area contributed by atoms with Crippen molar-refractivity contribution in [3.8, 4) is 11.8 Å². The highest BCUT2D eigenvalue weighted by molar-refractivity contribution is 7.12. The summed E-state index contributed by atoms with van der Waals surface area (Å²) in [5.74, 6) is 6.07. The number of nitrogens with zero attached hydrogens (tertiary/aromatic N) is 3. The first kappa shape index (κ1) is 19.2. The van der Waals surface area contributed by atoms with Crippen LogP contribution >= 0.6 is 11.3 Å².